The lowest BCUT2D eigenvalue weighted by atomic mass is 10.1. The fourth-order valence-electron chi connectivity index (χ4n) is 2.58. The third kappa shape index (κ3) is 2.66. The van der Waals surface area contributed by atoms with Crippen LogP contribution < -0.4 is 10.2 Å². The van der Waals surface area contributed by atoms with Crippen molar-refractivity contribution < 1.29 is 4.39 Å². The zero-order valence-corrected chi connectivity index (χ0v) is 11.0. The van der Waals surface area contributed by atoms with Crippen LogP contribution in [0.25, 0.3) is 0 Å². The summed E-state index contributed by atoms with van der Waals surface area (Å²) in [5.41, 5.74) is 2.32. The van der Waals surface area contributed by atoms with E-state index >= 15 is 0 Å². The summed E-state index contributed by atoms with van der Waals surface area (Å²) in [7, 11) is 1.91. The first-order valence-electron chi connectivity index (χ1n) is 6.97. The van der Waals surface area contributed by atoms with Crippen LogP contribution >= 0.6 is 0 Å². The number of benzene rings is 1. The van der Waals surface area contributed by atoms with Crippen LogP contribution in [0.3, 0.4) is 0 Å². The molecule has 1 N–H and O–H groups in total. The minimum Gasteiger partial charge on any atom is -0.368 e. The van der Waals surface area contributed by atoms with Gasteiger partial charge in [-0.1, -0.05) is 0 Å². The van der Waals surface area contributed by atoms with Crippen LogP contribution in [-0.2, 0) is 6.54 Å². The maximum absolute atomic E-state index is 13.4. The molecule has 0 bridgehead atoms. The van der Waals surface area contributed by atoms with Gasteiger partial charge in [-0.2, -0.15) is 0 Å². The largest absolute Gasteiger partial charge is 0.368 e. The van der Waals surface area contributed by atoms with Gasteiger partial charge in [0.25, 0.3) is 0 Å². The van der Waals surface area contributed by atoms with Gasteiger partial charge in [0.1, 0.15) is 5.82 Å². The summed E-state index contributed by atoms with van der Waals surface area (Å²) >= 11 is 0. The summed E-state index contributed by atoms with van der Waals surface area (Å²) in [4.78, 5) is 2.52. The molecule has 0 saturated heterocycles. The van der Waals surface area contributed by atoms with Gasteiger partial charge in [0.2, 0.25) is 0 Å². The van der Waals surface area contributed by atoms with Crippen molar-refractivity contribution >= 4 is 5.69 Å². The topological polar surface area (TPSA) is 15.3 Å². The van der Waals surface area contributed by atoms with Gasteiger partial charge in [-0.15, -0.1) is 0 Å². The molecule has 2 aliphatic rings. The molecule has 18 heavy (non-hydrogen) atoms. The molecule has 2 saturated carbocycles. The number of rotatable bonds is 6. The second-order valence-corrected chi connectivity index (χ2v) is 5.63. The number of anilines is 1. The predicted molar refractivity (Wildman–Crippen MR) is 72.3 cm³/mol. The molecule has 0 heterocycles. The number of hydrogen-bond donors (Lipinski definition) is 1. The standard InChI is InChI=1S/C15H21FN2/c1-17-9-12-8-13(16)4-7-15(12)18(14-5-6-14)10-11-2-3-11/h4,7-8,11,14,17H,2-3,5-6,9-10H2,1H3. The molecule has 0 atom stereocenters. The van der Waals surface area contributed by atoms with Gasteiger partial charge in [-0.05, 0) is 62.4 Å². The summed E-state index contributed by atoms with van der Waals surface area (Å²) in [5.74, 6) is 0.740. The molecule has 0 unspecified atom stereocenters. The van der Waals surface area contributed by atoms with Gasteiger partial charge >= 0.3 is 0 Å². The average molecular weight is 248 g/mol. The molecular weight excluding hydrogens is 227 g/mol. The molecule has 2 aliphatic carbocycles. The highest BCUT2D eigenvalue weighted by molar-refractivity contribution is 5.55. The van der Waals surface area contributed by atoms with Crippen molar-refractivity contribution in [2.75, 3.05) is 18.5 Å². The fourth-order valence-corrected chi connectivity index (χ4v) is 2.58. The lowest BCUT2D eigenvalue weighted by Crippen LogP contribution is -2.29. The van der Waals surface area contributed by atoms with E-state index in [1.54, 1.807) is 12.1 Å². The molecule has 2 fully saturated rings. The Labute approximate surface area is 108 Å². The van der Waals surface area contributed by atoms with Gasteiger partial charge in [-0.3, -0.25) is 0 Å². The van der Waals surface area contributed by atoms with Crippen LogP contribution in [0.5, 0.6) is 0 Å². The van der Waals surface area contributed by atoms with Crippen LogP contribution in [0.15, 0.2) is 18.2 Å². The van der Waals surface area contributed by atoms with Crippen molar-refractivity contribution in [2.24, 2.45) is 5.92 Å². The summed E-state index contributed by atoms with van der Waals surface area (Å²) in [6, 6.07) is 5.93. The smallest absolute Gasteiger partial charge is 0.123 e. The van der Waals surface area contributed by atoms with Crippen molar-refractivity contribution in [2.45, 2.75) is 38.3 Å². The van der Waals surface area contributed by atoms with Crippen molar-refractivity contribution in [1.29, 1.82) is 0 Å². The van der Waals surface area contributed by atoms with Crippen LogP contribution in [0.4, 0.5) is 10.1 Å². The Morgan fingerprint density at radius 2 is 2.06 bits per heavy atom. The zero-order valence-electron chi connectivity index (χ0n) is 11.0. The monoisotopic (exact) mass is 248 g/mol. The Kier molecular flexibility index (Phi) is 3.25. The first kappa shape index (κ1) is 12.0. The zero-order chi connectivity index (χ0) is 12.5. The fraction of sp³-hybridized carbons (Fsp3) is 0.600. The van der Waals surface area contributed by atoms with Crippen LogP contribution in [-0.4, -0.2) is 19.6 Å². The highest BCUT2D eigenvalue weighted by atomic mass is 19.1. The van der Waals surface area contributed by atoms with E-state index in [0.29, 0.717) is 6.04 Å². The highest BCUT2D eigenvalue weighted by Crippen LogP contribution is 2.39. The average Bonchev–Trinajstić information content (AvgIpc) is 3.22. The first-order chi connectivity index (χ1) is 8.78. The second kappa shape index (κ2) is 4.88. The molecular formula is C15H21FN2. The molecule has 0 radical (unpaired) electrons. The minimum atomic E-state index is -0.133. The van der Waals surface area contributed by atoms with Gasteiger partial charge in [0, 0.05) is 24.8 Å². The first-order valence-corrected chi connectivity index (χ1v) is 6.97. The van der Waals surface area contributed by atoms with E-state index in [9.17, 15) is 4.39 Å². The predicted octanol–water partition coefficient (Wildman–Crippen LogP) is 2.92. The Morgan fingerprint density at radius 1 is 1.28 bits per heavy atom. The molecule has 3 heteroatoms. The molecule has 1 aromatic rings. The van der Waals surface area contributed by atoms with E-state index in [1.807, 2.05) is 13.1 Å². The SMILES string of the molecule is CNCc1cc(F)ccc1N(CC1CC1)C1CC1. The van der Waals surface area contributed by atoms with E-state index in [-0.39, 0.29) is 5.82 Å². The third-order valence-corrected chi connectivity index (χ3v) is 3.86. The summed E-state index contributed by atoms with van der Waals surface area (Å²) in [6.45, 7) is 1.90. The number of hydrogen-bond acceptors (Lipinski definition) is 2. The number of nitrogens with one attached hydrogen (secondary N) is 1. The van der Waals surface area contributed by atoms with E-state index in [2.05, 4.69) is 10.2 Å². The Bertz CT molecular complexity index is 425. The van der Waals surface area contributed by atoms with E-state index in [0.717, 1.165) is 24.6 Å². The quantitative estimate of drug-likeness (QED) is 0.832. The van der Waals surface area contributed by atoms with Gasteiger partial charge in [0.05, 0.1) is 0 Å². The van der Waals surface area contributed by atoms with Crippen molar-refractivity contribution in [1.82, 2.24) is 5.32 Å². The van der Waals surface area contributed by atoms with Crippen molar-refractivity contribution in [3.8, 4) is 0 Å². The normalized spacial score (nSPS) is 19.0. The van der Waals surface area contributed by atoms with Crippen LogP contribution in [0.2, 0.25) is 0 Å². The molecule has 0 aliphatic heterocycles. The third-order valence-electron chi connectivity index (χ3n) is 3.86. The molecule has 3 rings (SSSR count). The number of halogens is 1. The van der Waals surface area contributed by atoms with Gasteiger partial charge in [0.15, 0.2) is 0 Å². The highest BCUT2D eigenvalue weighted by Gasteiger charge is 2.34. The molecule has 0 amide bonds. The summed E-state index contributed by atoms with van der Waals surface area (Å²) in [5, 5.41) is 3.14. The molecule has 1 aromatic carbocycles. The van der Waals surface area contributed by atoms with Crippen molar-refractivity contribution in [3.05, 3.63) is 29.6 Å². The maximum atomic E-state index is 13.4. The minimum absolute atomic E-state index is 0.133. The molecule has 2 nitrogen and oxygen atoms in total. The summed E-state index contributed by atoms with van der Waals surface area (Å²) in [6.07, 6.45) is 5.32. The van der Waals surface area contributed by atoms with Gasteiger partial charge in [-0.25, -0.2) is 4.39 Å². The van der Waals surface area contributed by atoms with Crippen molar-refractivity contribution in [3.63, 3.8) is 0 Å². The van der Waals surface area contributed by atoms with E-state index in [4.69, 9.17) is 0 Å². The summed E-state index contributed by atoms with van der Waals surface area (Å²) < 4.78 is 13.4. The van der Waals surface area contributed by atoms with E-state index < -0.39 is 0 Å². The Morgan fingerprint density at radius 3 is 2.67 bits per heavy atom. The molecule has 0 spiro atoms. The Balaban J connectivity index is 1.86. The molecule has 98 valence electrons. The Hall–Kier alpha value is -1.09. The van der Waals surface area contributed by atoms with Gasteiger partial charge < -0.3 is 10.2 Å². The lowest BCUT2D eigenvalue weighted by molar-refractivity contribution is 0.621. The van der Waals surface area contributed by atoms with E-state index in [1.165, 1.54) is 31.4 Å². The van der Waals surface area contributed by atoms with Crippen LogP contribution in [0, 0.1) is 11.7 Å². The lowest BCUT2D eigenvalue weighted by Gasteiger charge is -2.27. The molecule has 0 aromatic heterocycles. The maximum Gasteiger partial charge on any atom is 0.123 e. The second-order valence-electron chi connectivity index (χ2n) is 5.63. The number of nitrogens with zero attached hydrogens (tertiary/aromatic N) is 1. The van der Waals surface area contributed by atoms with Crippen LogP contribution in [0.1, 0.15) is 31.2 Å².